The molecule has 44 heavy (non-hydrogen) atoms. The van der Waals surface area contributed by atoms with Crippen molar-refractivity contribution < 1.29 is 28.5 Å². The molecule has 0 radical (unpaired) electrons. The van der Waals surface area contributed by atoms with Crippen LogP contribution in [0.2, 0.25) is 0 Å². The first kappa shape index (κ1) is 29.9. The molecule has 6 aromatic carbocycles. The maximum Gasteiger partial charge on any atom is 0.344 e. The standard InChI is InChI=1S/C36H28Br2O6/c1-3-41-31(39)19-43-35-27-11-7-5-9-23(27)29-17-21(37)13-15-25(29)33(35)34-26-16-14-22(38)18-30(26)24-10-6-8-12-28(24)36(34)44-20-32(40)42-4-2/h5-18H,3-4,19-20H2,1-2H3. The van der Waals surface area contributed by atoms with E-state index in [4.69, 9.17) is 18.9 Å². The highest BCUT2D eigenvalue weighted by Gasteiger charge is 2.26. The van der Waals surface area contributed by atoms with Crippen LogP contribution in [-0.4, -0.2) is 38.4 Å². The summed E-state index contributed by atoms with van der Waals surface area (Å²) in [7, 11) is 0. The van der Waals surface area contributed by atoms with Gasteiger partial charge in [0.05, 0.1) is 13.2 Å². The van der Waals surface area contributed by atoms with Gasteiger partial charge in [-0.1, -0.05) is 92.5 Å². The van der Waals surface area contributed by atoms with Gasteiger partial charge in [0, 0.05) is 30.8 Å². The van der Waals surface area contributed by atoms with Crippen LogP contribution in [0, 0.1) is 0 Å². The third-order valence-corrected chi connectivity index (χ3v) is 8.40. The average Bonchev–Trinajstić information content (AvgIpc) is 3.03. The van der Waals surface area contributed by atoms with Gasteiger partial charge < -0.3 is 18.9 Å². The Morgan fingerprint density at radius 1 is 0.523 bits per heavy atom. The van der Waals surface area contributed by atoms with E-state index in [9.17, 15) is 9.59 Å². The fraction of sp³-hybridized carbons (Fsp3) is 0.167. The molecule has 6 aromatic rings. The molecule has 0 N–H and O–H groups in total. The van der Waals surface area contributed by atoms with Crippen LogP contribution in [0.25, 0.3) is 54.2 Å². The maximum absolute atomic E-state index is 12.6. The Morgan fingerprint density at radius 3 is 1.30 bits per heavy atom. The van der Waals surface area contributed by atoms with Crippen molar-refractivity contribution in [2.75, 3.05) is 26.4 Å². The number of ether oxygens (including phenoxy) is 4. The Labute approximate surface area is 271 Å². The predicted molar refractivity (Wildman–Crippen MR) is 182 cm³/mol. The molecule has 0 spiro atoms. The minimum absolute atomic E-state index is 0.248. The summed E-state index contributed by atoms with van der Waals surface area (Å²) in [4.78, 5) is 25.2. The Morgan fingerprint density at radius 2 is 0.909 bits per heavy atom. The van der Waals surface area contributed by atoms with Gasteiger partial charge in [-0.05, 0) is 70.4 Å². The zero-order chi connectivity index (χ0) is 30.8. The van der Waals surface area contributed by atoms with Gasteiger partial charge in [-0.15, -0.1) is 0 Å². The smallest absolute Gasteiger partial charge is 0.344 e. The number of hydrogen-bond donors (Lipinski definition) is 0. The molecule has 6 nitrogen and oxygen atoms in total. The SMILES string of the molecule is CCOC(=O)COc1c(-c2c(OCC(=O)OCC)c3ccccc3c3cc(Br)ccc23)c2ccc(Br)cc2c2ccccc12. The Bertz CT molecular complexity index is 1920. The van der Waals surface area contributed by atoms with Crippen molar-refractivity contribution in [3.05, 3.63) is 93.9 Å². The number of carbonyl (C=O) groups excluding carboxylic acids is 2. The minimum atomic E-state index is -0.468. The molecule has 0 aromatic heterocycles. The van der Waals surface area contributed by atoms with E-state index >= 15 is 0 Å². The van der Waals surface area contributed by atoms with E-state index in [1.165, 1.54) is 0 Å². The van der Waals surface area contributed by atoms with Crippen LogP contribution in [0.15, 0.2) is 93.9 Å². The van der Waals surface area contributed by atoms with E-state index in [0.29, 0.717) is 11.5 Å². The predicted octanol–water partition coefficient (Wildman–Crippen LogP) is 9.38. The first-order chi connectivity index (χ1) is 21.4. The number of halogens is 2. The van der Waals surface area contributed by atoms with E-state index in [1.54, 1.807) is 13.8 Å². The summed E-state index contributed by atoms with van der Waals surface area (Å²) < 4.78 is 25.1. The normalized spacial score (nSPS) is 11.3. The van der Waals surface area contributed by atoms with Crippen LogP contribution in [-0.2, 0) is 19.1 Å². The van der Waals surface area contributed by atoms with Crippen molar-refractivity contribution in [1.29, 1.82) is 0 Å². The Balaban J connectivity index is 1.78. The topological polar surface area (TPSA) is 71.1 Å². The quantitative estimate of drug-likeness (QED) is 0.110. The molecule has 0 bridgehead atoms. The van der Waals surface area contributed by atoms with Crippen LogP contribution < -0.4 is 9.47 Å². The average molecular weight is 716 g/mol. The number of hydrogen-bond acceptors (Lipinski definition) is 6. The molecule has 0 fully saturated rings. The highest BCUT2D eigenvalue weighted by molar-refractivity contribution is 9.10. The lowest BCUT2D eigenvalue weighted by molar-refractivity contribution is -0.146. The third kappa shape index (κ3) is 5.60. The molecule has 0 aliphatic carbocycles. The van der Waals surface area contributed by atoms with Gasteiger partial charge in [0.1, 0.15) is 11.5 Å². The zero-order valence-electron chi connectivity index (χ0n) is 24.1. The summed E-state index contributed by atoms with van der Waals surface area (Å²) in [6.45, 7) is 3.47. The number of rotatable bonds is 9. The van der Waals surface area contributed by atoms with Crippen molar-refractivity contribution in [3.8, 4) is 22.6 Å². The molecular formula is C36H28Br2O6. The second kappa shape index (κ2) is 12.8. The number of esters is 2. The Hall–Kier alpha value is -4.14. The molecule has 0 heterocycles. The van der Waals surface area contributed by atoms with E-state index in [-0.39, 0.29) is 26.4 Å². The van der Waals surface area contributed by atoms with E-state index in [2.05, 4.69) is 44.0 Å². The van der Waals surface area contributed by atoms with Crippen LogP contribution >= 0.6 is 31.9 Å². The van der Waals surface area contributed by atoms with Crippen LogP contribution in [0.5, 0.6) is 11.5 Å². The zero-order valence-corrected chi connectivity index (χ0v) is 27.3. The summed E-state index contributed by atoms with van der Waals surface area (Å²) in [5.74, 6) is 0.0990. The van der Waals surface area contributed by atoms with Crippen molar-refractivity contribution in [2.24, 2.45) is 0 Å². The summed E-state index contributed by atoms with van der Waals surface area (Å²) in [5.41, 5.74) is 1.49. The highest BCUT2D eigenvalue weighted by atomic mass is 79.9. The minimum Gasteiger partial charge on any atom is -0.481 e. The summed E-state index contributed by atoms with van der Waals surface area (Å²) in [6.07, 6.45) is 0. The van der Waals surface area contributed by atoms with Crippen LogP contribution in [0.3, 0.4) is 0 Å². The molecule has 8 heteroatoms. The molecule has 0 aliphatic rings. The molecule has 222 valence electrons. The van der Waals surface area contributed by atoms with Crippen LogP contribution in [0.1, 0.15) is 13.8 Å². The van der Waals surface area contributed by atoms with Gasteiger partial charge in [-0.3, -0.25) is 0 Å². The largest absolute Gasteiger partial charge is 0.481 e. The summed E-state index contributed by atoms with van der Waals surface area (Å²) in [6, 6.07) is 28.1. The number of benzene rings is 6. The van der Waals surface area contributed by atoms with Gasteiger partial charge >= 0.3 is 11.9 Å². The third-order valence-electron chi connectivity index (χ3n) is 7.41. The van der Waals surface area contributed by atoms with Crippen molar-refractivity contribution in [2.45, 2.75) is 13.8 Å². The number of carbonyl (C=O) groups is 2. The summed E-state index contributed by atoms with van der Waals surface area (Å²) >= 11 is 7.32. The first-order valence-electron chi connectivity index (χ1n) is 14.3. The van der Waals surface area contributed by atoms with Gasteiger partial charge in [0.2, 0.25) is 0 Å². The molecule has 0 unspecified atom stereocenters. The lowest BCUT2D eigenvalue weighted by Crippen LogP contribution is -2.16. The number of fused-ring (bicyclic) bond motifs is 6. The van der Waals surface area contributed by atoms with Crippen molar-refractivity contribution >= 4 is 86.9 Å². The van der Waals surface area contributed by atoms with Crippen molar-refractivity contribution in [3.63, 3.8) is 0 Å². The molecule has 0 saturated heterocycles. The Kier molecular flexibility index (Phi) is 8.73. The van der Waals surface area contributed by atoms with E-state index < -0.39 is 11.9 Å². The van der Waals surface area contributed by atoms with Crippen LogP contribution in [0.4, 0.5) is 0 Å². The lowest BCUT2D eigenvalue weighted by atomic mass is 9.87. The fourth-order valence-electron chi connectivity index (χ4n) is 5.72. The molecule has 6 rings (SSSR count). The van der Waals surface area contributed by atoms with Gasteiger partial charge in [-0.25, -0.2) is 9.59 Å². The molecular weight excluding hydrogens is 688 g/mol. The second-order valence-electron chi connectivity index (χ2n) is 10.1. The molecule has 0 saturated carbocycles. The molecule has 0 atom stereocenters. The first-order valence-corrected chi connectivity index (χ1v) is 15.8. The van der Waals surface area contributed by atoms with Gasteiger partial charge in [0.25, 0.3) is 0 Å². The summed E-state index contributed by atoms with van der Waals surface area (Å²) in [5, 5.41) is 7.35. The fourth-order valence-corrected chi connectivity index (χ4v) is 6.45. The van der Waals surface area contributed by atoms with Crippen molar-refractivity contribution in [1.82, 2.24) is 0 Å². The van der Waals surface area contributed by atoms with Gasteiger partial charge in [-0.2, -0.15) is 0 Å². The van der Waals surface area contributed by atoms with E-state index in [0.717, 1.165) is 63.2 Å². The van der Waals surface area contributed by atoms with E-state index in [1.807, 2.05) is 72.8 Å². The highest BCUT2D eigenvalue weighted by Crippen LogP contribution is 2.52. The molecule has 0 amide bonds. The van der Waals surface area contributed by atoms with Gasteiger partial charge in [0.15, 0.2) is 13.2 Å². The molecule has 0 aliphatic heterocycles. The maximum atomic E-state index is 12.6. The lowest BCUT2D eigenvalue weighted by Gasteiger charge is -2.23. The second-order valence-corrected chi connectivity index (χ2v) is 11.9. The monoisotopic (exact) mass is 714 g/mol.